The number of hydrogen-bond donors (Lipinski definition) is 2. The van der Waals surface area contributed by atoms with Crippen LogP contribution in [0.3, 0.4) is 0 Å². The van der Waals surface area contributed by atoms with Gasteiger partial charge in [0, 0.05) is 44.8 Å². The molecule has 5 heteroatoms. The summed E-state index contributed by atoms with van der Waals surface area (Å²) in [6, 6.07) is 8.63. The van der Waals surface area contributed by atoms with Crippen LogP contribution >= 0.6 is 0 Å². The van der Waals surface area contributed by atoms with Crippen molar-refractivity contribution in [3.8, 4) is 5.75 Å². The largest absolute Gasteiger partial charge is 0.488 e. The third-order valence-electron chi connectivity index (χ3n) is 4.48. The number of guanidine groups is 1. The fourth-order valence-corrected chi connectivity index (χ4v) is 3.26. The minimum Gasteiger partial charge on any atom is -0.488 e. The van der Waals surface area contributed by atoms with Crippen LogP contribution < -0.4 is 15.4 Å². The Hall–Kier alpha value is -2.01. The highest BCUT2D eigenvalue weighted by Gasteiger charge is 2.20. The zero-order chi connectivity index (χ0) is 19.9. The Morgan fingerprint density at radius 3 is 2.52 bits per heavy atom. The van der Waals surface area contributed by atoms with Crippen LogP contribution in [0.5, 0.6) is 5.75 Å². The second-order valence-electron chi connectivity index (χ2n) is 8.40. The predicted octanol–water partition coefficient (Wildman–Crippen LogP) is 3.57. The van der Waals surface area contributed by atoms with Crippen LogP contribution in [-0.4, -0.2) is 49.2 Å². The van der Waals surface area contributed by atoms with Crippen molar-refractivity contribution in [3.63, 3.8) is 0 Å². The second kappa shape index (κ2) is 9.79. The fourth-order valence-electron chi connectivity index (χ4n) is 3.26. The molecule has 0 amide bonds. The summed E-state index contributed by atoms with van der Waals surface area (Å²) in [6.07, 6.45) is 2.25. The van der Waals surface area contributed by atoms with Crippen molar-refractivity contribution in [2.75, 3.05) is 26.7 Å². The van der Waals surface area contributed by atoms with Gasteiger partial charge < -0.3 is 15.4 Å². The molecular weight excluding hydrogens is 336 g/mol. The average Bonchev–Trinajstić information content (AvgIpc) is 2.59. The molecule has 0 saturated carbocycles. The van der Waals surface area contributed by atoms with Crippen molar-refractivity contribution in [2.45, 2.75) is 58.7 Å². The van der Waals surface area contributed by atoms with Gasteiger partial charge in [-0.3, -0.25) is 9.89 Å². The van der Waals surface area contributed by atoms with Gasteiger partial charge in [0.25, 0.3) is 0 Å². The molecular formula is C22H36N4O. The smallest absolute Gasteiger partial charge is 0.191 e. The topological polar surface area (TPSA) is 48.9 Å². The van der Waals surface area contributed by atoms with E-state index in [0.717, 1.165) is 49.7 Å². The van der Waals surface area contributed by atoms with Crippen LogP contribution in [0.25, 0.3) is 0 Å². The zero-order valence-corrected chi connectivity index (χ0v) is 17.6. The summed E-state index contributed by atoms with van der Waals surface area (Å²) in [6.45, 7) is 16.2. The van der Waals surface area contributed by atoms with Gasteiger partial charge in [0.15, 0.2) is 5.96 Å². The molecule has 0 aromatic heterocycles. The standard InChI is InChI=1S/C22H36N4O/c1-17(2)16-26-13-11-19(12-14-26)25-21(23-6)24-15-18-9-7-8-10-20(18)27-22(3,4)5/h7-10,19H,1,11-16H2,2-6H3,(H2,23,24,25). The number of para-hydroxylation sites is 1. The molecule has 0 bridgehead atoms. The van der Waals surface area contributed by atoms with E-state index in [4.69, 9.17) is 4.74 Å². The van der Waals surface area contributed by atoms with Gasteiger partial charge >= 0.3 is 0 Å². The first-order chi connectivity index (χ1) is 12.8. The zero-order valence-electron chi connectivity index (χ0n) is 17.6. The highest BCUT2D eigenvalue weighted by molar-refractivity contribution is 5.80. The highest BCUT2D eigenvalue weighted by Crippen LogP contribution is 2.22. The molecule has 2 rings (SSSR count). The summed E-state index contributed by atoms with van der Waals surface area (Å²) in [4.78, 5) is 6.86. The molecule has 0 radical (unpaired) electrons. The molecule has 150 valence electrons. The van der Waals surface area contributed by atoms with Crippen molar-refractivity contribution in [2.24, 2.45) is 4.99 Å². The maximum absolute atomic E-state index is 6.08. The Morgan fingerprint density at radius 1 is 1.26 bits per heavy atom. The minimum absolute atomic E-state index is 0.214. The summed E-state index contributed by atoms with van der Waals surface area (Å²) < 4.78 is 6.08. The lowest BCUT2D eigenvalue weighted by molar-refractivity contribution is 0.129. The van der Waals surface area contributed by atoms with Crippen LogP contribution in [0.2, 0.25) is 0 Å². The van der Waals surface area contributed by atoms with Gasteiger partial charge in [-0.15, -0.1) is 0 Å². The Morgan fingerprint density at radius 2 is 1.93 bits per heavy atom. The highest BCUT2D eigenvalue weighted by atomic mass is 16.5. The summed E-state index contributed by atoms with van der Waals surface area (Å²) in [5, 5.41) is 7.00. The lowest BCUT2D eigenvalue weighted by Crippen LogP contribution is -2.48. The first-order valence-corrected chi connectivity index (χ1v) is 9.87. The number of rotatable bonds is 6. The number of piperidine rings is 1. The number of ether oxygens (including phenoxy) is 1. The predicted molar refractivity (Wildman–Crippen MR) is 114 cm³/mol. The molecule has 27 heavy (non-hydrogen) atoms. The van der Waals surface area contributed by atoms with E-state index in [0.29, 0.717) is 12.6 Å². The van der Waals surface area contributed by atoms with Gasteiger partial charge in [-0.2, -0.15) is 0 Å². The van der Waals surface area contributed by atoms with Gasteiger partial charge in [0.1, 0.15) is 11.4 Å². The van der Waals surface area contributed by atoms with E-state index in [9.17, 15) is 0 Å². The SMILES string of the molecule is C=C(C)CN1CCC(NC(=NC)NCc2ccccc2OC(C)(C)C)CC1. The van der Waals surface area contributed by atoms with Crippen LogP contribution in [0, 0.1) is 0 Å². The monoisotopic (exact) mass is 372 g/mol. The van der Waals surface area contributed by atoms with Crippen LogP contribution in [-0.2, 0) is 6.54 Å². The van der Waals surface area contributed by atoms with Crippen LogP contribution in [0.15, 0.2) is 41.4 Å². The summed E-state index contributed by atoms with van der Waals surface area (Å²) >= 11 is 0. The van der Waals surface area contributed by atoms with Gasteiger partial charge in [0.2, 0.25) is 0 Å². The molecule has 1 aliphatic heterocycles. The first kappa shape index (κ1) is 21.3. The van der Waals surface area contributed by atoms with E-state index in [2.05, 4.69) is 60.9 Å². The molecule has 0 unspecified atom stereocenters. The molecule has 1 aromatic rings. The van der Waals surface area contributed by atoms with E-state index in [1.165, 1.54) is 5.57 Å². The van der Waals surface area contributed by atoms with E-state index in [1.807, 2.05) is 25.2 Å². The van der Waals surface area contributed by atoms with Gasteiger partial charge in [-0.25, -0.2) is 0 Å². The van der Waals surface area contributed by atoms with E-state index >= 15 is 0 Å². The molecule has 0 atom stereocenters. The molecule has 0 spiro atoms. The number of likely N-dealkylation sites (tertiary alicyclic amines) is 1. The summed E-state index contributed by atoms with van der Waals surface area (Å²) in [5.41, 5.74) is 2.15. The fraction of sp³-hybridized carbons (Fsp3) is 0.591. The van der Waals surface area contributed by atoms with Crippen molar-refractivity contribution in [1.29, 1.82) is 0 Å². The van der Waals surface area contributed by atoms with E-state index < -0.39 is 0 Å². The Bertz CT molecular complexity index is 640. The van der Waals surface area contributed by atoms with Crippen molar-refractivity contribution >= 4 is 5.96 Å². The number of benzene rings is 1. The maximum Gasteiger partial charge on any atom is 0.191 e. The minimum atomic E-state index is -0.214. The Labute approximate surface area is 164 Å². The number of nitrogens with one attached hydrogen (secondary N) is 2. The third-order valence-corrected chi connectivity index (χ3v) is 4.48. The molecule has 1 fully saturated rings. The molecule has 2 N–H and O–H groups in total. The molecule has 1 aromatic carbocycles. The van der Waals surface area contributed by atoms with Gasteiger partial charge in [-0.1, -0.05) is 30.4 Å². The average molecular weight is 373 g/mol. The maximum atomic E-state index is 6.08. The summed E-state index contributed by atoms with van der Waals surface area (Å²) in [5.74, 6) is 1.76. The van der Waals surface area contributed by atoms with Gasteiger partial charge in [-0.05, 0) is 46.6 Å². The van der Waals surface area contributed by atoms with Crippen molar-refractivity contribution < 1.29 is 4.74 Å². The lowest BCUT2D eigenvalue weighted by atomic mass is 10.0. The normalized spacial score (nSPS) is 16.9. The lowest BCUT2D eigenvalue weighted by Gasteiger charge is -2.33. The van der Waals surface area contributed by atoms with Crippen LogP contribution in [0.1, 0.15) is 46.1 Å². The molecule has 1 aliphatic rings. The first-order valence-electron chi connectivity index (χ1n) is 9.87. The van der Waals surface area contributed by atoms with Crippen LogP contribution in [0.4, 0.5) is 0 Å². The molecule has 0 aliphatic carbocycles. The summed E-state index contributed by atoms with van der Waals surface area (Å²) in [7, 11) is 1.82. The Kier molecular flexibility index (Phi) is 7.72. The van der Waals surface area contributed by atoms with E-state index in [-0.39, 0.29) is 5.60 Å². The third kappa shape index (κ3) is 7.63. The number of nitrogens with zero attached hydrogens (tertiary/aromatic N) is 2. The van der Waals surface area contributed by atoms with Crippen molar-refractivity contribution in [3.05, 3.63) is 42.0 Å². The quantitative estimate of drug-likeness (QED) is 0.455. The molecule has 1 saturated heterocycles. The Balaban J connectivity index is 1.86. The molecule has 5 nitrogen and oxygen atoms in total. The van der Waals surface area contributed by atoms with Gasteiger partial charge in [0.05, 0.1) is 0 Å². The van der Waals surface area contributed by atoms with E-state index in [1.54, 1.807) is 0 Å². The number of aliphatic imine (C=N–C) groups is 1. The van der Waals surface area contributed by atoms with Crippen molar-refractivity contribution in [1.82, 2.24) is 15.5 Å². The second-order valence-corrected chi connectivity index (χ2v) is 8.40. The molecule has 1 heterocycles. The number of hydrogen-bond acceptors (Lipinski definition) is 3.